The van der Waals surface area contributed by atoms with Crippen molar-refractivity contribution in [3.63, 3.8) is 0 Å². The Labute approximate surface area is 204 Å². The highest BCUT2D eigenvalue weighted by atomic mass is 16.5. The van der Waals surface area contributed by atoms with Crippen molar-refractivity contribution < 1.29 is 28.5 Å². The van der Waals surface area contributed by atoms with Gasteiger partial charge >= 0.3 is 0 Å². The third kappa shape index (κ3) is 5.66. The standard InChI is InChI=1S/C27H28N2O6/c1-32-22-10-7-18(8-11-22)13-25(30)28-21-9-12-23-20(14-21)16-29(26(31)17-35-23)15-19-5-4-6-24(33-2)27(19)34-3/h4-12,14H,13,15-17H2,1-3H3,(H,28,30). The second-order valence-electron chi connectivity index (χ2n) is 8.09. The van der Waals surface area contributed by atoms with Gasteiger partial charge in [0.05, 0.1) is 27.8 Å². The summed E-state index contributed by atoms with van der Waals surface area (Å²) in [5, 5.41) is 2.93. The summed E-state index contributed by atoms with van der Waals surface area (Å²) in [6.45, 7) is 0.593. The first-order valence-electron chi connectivity index (χ1n) is 11.2. The largest absolute Gasteiger partial charge is 0.497 e. The molecule has 35 heavy (non-hydrogen) atoms. The summed E-state index contributed by atoms with van der Waals surface area (Å²) in [6.07, 6.45) is 0.234. The van der Waals surface area contributed by atoms with Gasteiger partial charge in [0, 0.05) is 29.9 Å². The van der Waals surface area contributed by atoms with Crippen LogP contribution in [0.25, 0.3) is 0 Å². The minimum atomic E-state index is -0.142. The number of amides is 2. The molecule has 1 aliphatic heterocycles. The van der Waals surface area contributed by atoms with Crippen LogP contribution in [-0.2, 0) is 29.1 Å². The normalized spacial score (nSPS) is 12.8. The molecule has 0 saturated heterocycles. The minimum Gasteiger partial charge on any atom is -0.497 e. The number of methoxy groups -OCH3 is 3. The van der Waals surface area contributed by atoms with Gasteiger partial charge < -0.3 is 29.2 Å². The number of fused-ring (bicyclic) bond motifs is 1. The second-order valence-corrected chi connectivity index (χ2v) is 8.09. The van der Waals surface area contributed by atoms with Crippen molar-refractivity contribution in [2.45, 2.75) is 19.5 Å². The van der Waals surface area contributed by atoms with Crippen molar-refractivity contribution in [2.75, 3.05) is 33.3 Å². The number of nitrogens with zero attached hydrogens (tertiary/aromatic N) is 1. The lowest BCUT2D eigenvalue weighted by Crippen LogP contribution is -2.32. The van der Waals surface area contributed by atoms with E-state index >= 15 is 0 Å². The van der Waals surface area contributed by atoms with Gasteiger partial charge in [-0.3, -0.25) is 9.59 Å². The average molecular weight is 477 g/mol. The summed E-state index contributed by atoms with van der Waals surface area (Å²) in [7, 11) is 4.75. The summed E-state index contributed by atoms with van der Waals surface area (Å²) >= 11 is 0. The molecule has 8 nitrogen and oxygen atoms in total. The third-order valence-electron chi connectivity index (χ3n) is 5.78. The lowest BCUT2D eigenvalue weighted by atomic mass is 10.1. The van der Waals surface area contributed by atoms with Gasteiger partial charge in [0.15, 0.2) is 18.1 Å². The quantitative estimate of drug-likeness (QED) is 0.532. The number of hydrogen-bond acceptors (Lipinski definition) is 6. The summed E-state index contributed by atoms with van der Waals surface area (Å²) < 4.78 is 21.8. The van der Waals surface area contributed by atoms with Crippen molar-refractivity contribution in [2.24, 2.45) is 0 Å². The number of hydrogen-bond donors (Lipinski definition) is 1. The Kier molecular flexibility index (Phi) is 7.40. The number of para-hydroxylation sites is 1. The van der Waals surface area contributed by atoms with Crippen LogP contribution >= 0.6 is 0 Å². The summed E-state index contributed by atoms with van der Waals surface area (Å²) in [5.74, 6) is 2.27. The summed E-state index contributed by atoms with van der Waals surface area (Å²) in [4.78, 5) is 27.1. The Hall–Kier alpha value is -4.20. The topological polar surface area (TPSA) is 86.3 Å². The van der Waals surface area contributed by atoms with E-state index in [2.05, 4.69) is 5.32 Å². The van der Waals surface area contributed by atoms with Crippen molar-refractivity contribution in [1.82, 2.24) is 4.90 Å². The molecule has 0 unspecified atom stereocenters. The average Bonchev–Trinajstić information content (AvgIpc) is 3.02. The molecule has 3 aromatic carbocycles. The van der Waals surface area contributed by atoms with Gasteiger partial charge in [0.25, 0.3) is 5.91 Å². The first kappa shape index (κ1) is 23.9. The molecule has 4 rings (SSSR count). The molecule has 182 valence electrons. The van der Waals surface area contributed by atoms with Crippen LogP contribution in [0, 0.1) is 0 Å². The predicted octanol–water partition coefficient (Wildman–Crippen LogP) is 3.81. The highest BCUT2D eigenvalue weighted by Crippen LogP contribution is 2.33. The van der Waals surface area contributed by atoms with Crippen LogP contribution in [0.4, 0.5) is 5.69 Å². The molecule has 0 aromatic heterocycles. The van der Waals surface area contributed by atoms with E-state index < -0.39 is 0 Å². The van der Waals surface area contributed by atoms with Crippen LogP contribution in [-0.4, -0.2) is 44.7 Å². The monoisotopic (exact) mass is 476 g/mol. The van der Waals surface area contributed by atoms with E-state index in [4.69, 9.17) is 18.9 Å². The van der Waals surface area contributed by atoms with Gasteiger partial charge in [0.2, 0.25) is 5.91 Å². The maximum Gasteiger partial charge on any atom is 0.261 e. The van der Waals surface area contributed by atoms with E-state index in [1.165, 1.54) is 0 Å². The van der Waals surface area contributed by atoms with Gasteiger partial charge in [-0.25, -0.2) is 0 Å². The molecular formula is C27H28N2O6. The summed E-state index contributed by atoms with van der Waals surface area (Å²) in [6, 6.07) is 18.3. The number of anilines is 1. The minimum absolute atomic E-state index is 0.0670. The van der Waals surface area contributed by atoms with Gasteiger partial charge in [-0.1, -0.05) is 24.3 Å². The molecule has 0 aliphatic carbocycles. The van der Waals surface area contributed by atoms with E-state index in [0.29, 0.717) is 36.0 Å². The van der Waals surface area contributed by atoms with E-state index in [-0.39, 0.29) is 24.8 Å². The maximum absolute atomic E-state index is 12.8. The molecule has 1 N–H and O–H groups in total. The molecule has 3 aromatic rings. The Bertz CT molecular complexity index is 1210. The van der Waals surface area contributed by atoms with Gasteiger partial charge in [-0.15, -0.1) is 0 Å². The number of nitrogens with one attached hydrogen (secondary N) is 1. The zero-order valence-electron chi connectivity index (χ0n) is 20.0. The van der Waals surface area contributed by atoms with Crippen molar-refractivity contribution >= 4 is 17.5 Å². The van der Waals surface area contributed by atoms with Crippen molar-refractivity contribution in [3.05, 3.63) is 77.4 Å². The number of ether oxygens (including phenoxy) is 4. The molecule has 1 aliphatic rings. The van der Waals surface area contributed by atoms with Crippen molar-refractivity contribution in [1.29, 1.82) is 0 Å². The zero-order chi connectivity index (χ0) is 24.8. The fourth-order valence-electron chi connectivity index (χ4n) is 4.01. The van der Waals surface area contributed by atoms with Gasteiger partial charge in [-0.2, -0.15) is 0 Å². The number of carbonyl (C=O) groups excluding carboxylic acids is 2. The molecular weight excluding hydrogens is 448 g/mol. The highest BCUT2D eigenvalue weighted by Gasteiger charge is 2.24. The molecule has 1 heterocycles. The Morgan fingerprint density at radius 2 is 1.80 bits per heavy atom. The van der Waals surface area contributed by atoms with Crippen LogP contribution in [0.15, 0.2) is 60.7 Å². The predicted molar refractivity (Wildman–Crippen MR) is 131 cm³/mol. The van der Waals surface area contributed by atoms with Crippen LogP contribution < -0.4 is 24.3 Å². The molecule has 0 atom stereocenters. The first-order valence-corrected chi connectivity index (χ1v) is 11.2. The van der Waals surface area contributed by atoms with E-state index in [9.17, 15) is 9.59 Å². The number of carbonyl (C=O) groups is 2. The molecule has 8 heteroatoms. The molecule has 2 amide bonds. The van der Waals surface area contributed by atoms with Crippen molar-refractivity contribution in [3.8, 4) is 23.0 Å². The van der Waals surface area contributed by atoms with E-state index in [1.54, 1.807) is 38.4 Å². The molecule has 0 fully saturated rings. The van der Waals surface area contributed by atoms with E-state index in [0.717, 1.165) is 22.4 Å². The Morgan fingerprint density at radius 1 is 1.00 bits per heavy atom. The fourth-order valence-corrected chi connectivity index (χ4v) is 4.01. The lowest BCUT2D eigenvalue weighted by Gasteiger charge is -2.22. The lowest BCUT2D eigenvalue weighted by molar-refractivity contribution is -0.133. The number of benzene rings is 3. The van der Waals surface area contributed by atoms with Gasteiger partial charge in [-0.05, 0) is 42.0 Å². The Balaban J connectivity index is 1.49. The SMILES string of the molecule is COc1ccc(CC(=O)Nc2ccc3c(c2)CN(Cc2cccc(OC)c2OC)C(=O)CO3)cc1. The molecule has 0 radical (unpaired) electrons. The molecule has 0 spiro atoms. The van der Waals surface area contributed by atoms with Gasteiger partial charge in [0.1, 0.15) is 11.5 Å². The first-order chi connectivity index (χ1) is 17.0. The second kappa shape index (κ2) is 10.8. The molecule has 0 saturated carbocycles. The van der Waals surface area contributed by atoms with Crippen LogP contribution in [0.3, 0.4) is 0 Å². The smallest absolute Gasteiger partial charge is 0.261 e. The number of rotatable bonds is 8. The zero-order valence-corrected chi connectivity index (χ0v) is 20.0. The molecule has 0 bridgehead atoms. The third-order valence-corrected chi connectivity index (χ3v) is 5.78. The Morgan fingerprint density at radius 3 is 2.51 bits per heavy atom. The van der Waals surface area contributed by atoms with Crippen LogP contribution in [0.5, 0.6) is 23.0 Å². The maximum atomic E-state index is 12.8. The fraction of sp³-hybridized carbons (Fsp3) is 0.259. The summed E-state index contributed by atoms with van der Waals surface area (Å²) in [5.41, 5.74) is 3.15. The van der Waals surface area contributed by atoms with E-state index in [1.807, 2.05) is 48.5 Å². The highest BCUT2D eigenvalue weighted by molar-refractivity contribution is 5.92. The van der Waals surface area contributed by atoms with Crippen LogP contribution in [0.2, 0.25) is 0 Å². The van der Waals surface area contributed by atoms with Crippen LogP contribution in [0.1, 0.15) is 16.7 Å².